The fourth-order valence-electron chi connectivity index (χ4n) is 1.43. The molecule has 0 atom stereocenters. The quantitative estimate of drug-likeness (QED) is 0.612. The molecule has 2 rings (SSSR count). The molecule has 1 heterocycles. The van der Waals surface area contributed by atoms with Gasteiger partial charge in [0.05, 0.1) is 6.61 Å². The number of anilines is 1. The van der Waals surface area contributed by atoms with Crippen molar-refractivity contribution < 1.29 is 5.11 Å². The molecule has 1 aromatic heterocycles. The van der Waals surface area contributed by atoms with Gasteiger partial charge in [0.25, 0.3) is 0 Å². The number of rotatable bonds is 2. The van der Waals surface area contributed by atoms with E-state index < -0.39 is 0 Å². The van der Waals surface area contributed by atoms with E-state index in [1.54, 1.807) is 11.3 Å². The van der Waals surface area contributed by atoms with Crippen LogP contribution in [0.4, 0.5) is 5.69 Å². The standard InChI is InChI=1S/C10H10ClNOS/c11-4-6-1-2-9-8(10(6)12)3-7(5-13)14-9/h1-3,13H,4-5,12H2. The summed E-state index contributed by atoms with van der Waals surface area (Å²) in [6.07, 6.45) is 0. The second-order valence-corrected chi connectivity index (χ2v) is 4.49. The Bertz CT molecular complexity index is 466. The number of thiophene rings is 1. The monoisotopic (exact) mass is 227 g/mol. The molecular formula is C10H10ClNOS. The van der Waals surface area contributed by atoms with Gasteiger partial charge in [-0.15, -0.1) is 22.9 Å². The number of hydrogen-bond acceptors (Lipinski definition) is 3. The Morgan fingerprint density at radius 2 is 2.21 bits per heavy atom. The molecule has 0 aliphatic carbocycles. The third-order valence-electron chi connectivity index (χ3n) is 2.18. The molecule has 0 saturated heterocycles. The molecule has 14 heavy (non-hydrogen) atoms. The smallest absolute Gasteiger partial charge is 0.0774 e. The molecule has 4 heteroatoms. The zero-order valence-electron chi connectivity index (χ0n) is 7.46. The molecule has 1 aromatic carbocycles. The zero-order chi connectivity index (χ0) is 10.1. The Morgan fingerprint density at radius 1 is 1.43 bits per heavy atom. The molecule has 74 valence electrons. The van der Waals surface area contributed by atoms with Gasteiger partial charge in [0.2, 0.25) is 0 Å². The Hall–Kier alpha value is -0.770. The average Bonchev–Trinajstić information content (AvgIpc) is 2.62. The summed E-state index contributed by atoms with van der Waals surface area (Å²) in [4.78, 5) is 0.929. The molecular weight excluding hydrogens is 218 g/mol. The third-order valence-corrected chi connectivity index (χ3v) is 3.56. The topological polar surface area (TPSA) is 46.2 Å². The maximum Gasteiger partial charge on any atom is 0.0774 e. The molecule has 0 saturated carbocycles. The summed E-state index contributed by atoms with van der Waals surface area (Å²) in [5.41, 5.74) is 7.61. The van der Waals surface area contributed by atoms with E-state index in [1.165, 1.54) is 0 Å². The van der Waals surface area contributed by atoms with Crippen molar-refractivity contribution >= 4 is 38.7 Å². The lowest BCUT2D eigenvalue weighted by atomic mass is 10.1. The first-order chi connectivity index (χ1) is 6.76. The molecule has 0 radical (unpaired) electrons. The van der Waals surface area contributed by atoms with E-state index in [1.807, 2.05) is 18.2 Å². The van der Waals surface area contributed by atoms with Crippen molar-refractivity contribution in [2.45, 2.75) is 12.5 Å². The molecule has 0 spiro atoms. The van der Waals surface area contributed by atoms with E-state index in [9.17, 15) is 0 Å². The van der Waals surface area contributed by atoms with Crippen molar-refractivity contribution in [3.63, 3.8) is 0 Å². The number of aliphatic hydroxyl groups is 1. The predicted molar refractivity (Wildman–Crippen MR) is 61.7 cm³/mol. The number of nitrogen functional groups attached to an aromatic ring is 1. The van der Waals surface area contributed by atoms with Gasteiger partial charge in [-0.05, 0) is 17.7 Å². The minimum atomic E-state index is 0.0645. The lowest BCUT2D eigenvalue weighted by molar-refractivity contribution is 0.285. The van der Waals surface area contributed by atoms with Gasteiger partial charge in [0.15, 0.2) is 0 Å². The zero-order valence-corrected chi connectivity index (χ0v) is 9.03. The maximum atomic E-state index is 9.00. The van der Waals surface area contributed by atoms with Gasteiger partial charge in [-0.2, -0.15) is 0 Å². The molecule has 0 unspecified atom stereocenters. The van der Waals surface area contributed by atoms with Crippen LogP contribution in [0.5, 0.6) is 0 Å². The normalized spacial score (nSPS) is 11.0. The van der Waals surface area contributed by atoms with Crippen molar-refractivity contribution in [3.05, 3.63) is 28.6 Å². The number of benzene rings is 1. The molecule has 0 aliphatic rings. The molecule has 2 nitrogen and oxygen atoms in total. The highest BCUT2D eigenvalue weighted by Gasteiger charge is 2.07. The Labute approximate surface area is 90.9 Å². The number of fused-ring (bicyclic) bond motifs is 1. The van der Waals surface area contributed by atoms with Gasteiger partial charge in [-0.3, -0.25) is 0 Å². The van der Waals surface area contributed by atoms with Gasteiger partial charge >= 0.3 is 0 Å². The Morgan fingerprint density at radius 3 is 2.86 bits per heavy atom. The van der Waals surface area contributed by atoms with E-state index in [-0.39, 0.29) is 6.61 Å². The van der Waals surface area contributed by atoms with Crippen LogP contribution >= 0.6 is 22.9 Å². The number of halogens is 1. The fraction of sp³-hybridized carbons (Fsp3) is 0.200. The highest BCUT2D eigenvalue weighted by atomic mass is 35.5. The van der Waals surface area contributed by atoms with Gasteiger partial charge in [-0.1, -0.05) is 6.07 Å². The molecule has 0 bridgehead atoms. The molecule has 2 aromatic rings. The molecule has 3 N–H and O–H groups in total. The lowest BCUT2D eigenvalue weighted by Crippen LogP contribution is -1.91. The van der Waals surface area contributed by atoms with Crippen LogP contribution in [0.2, 0.25) is 0 Å². The second kappa shape index (κ2) is 3.77. The largest absolute Gasteiger partial charge is 0.398 e. The van der Waals surface area contributed by atoms with Crippen molar-refractivity contribution in [3.8, 4) is 0 Å². The lowest BCUT2D eigenvalue weighted by Gasteiger charge is -2.01. The molecule has 0 fully saturated rings. The van der Waals surface area contributed by atoms with E-state index >= 15 is 0 Å². The van der Waals surface area contributed by atoms with Crippen LogP contribution < -0.4 is 5.73 Å². The summed E-state index contributed by atoms with van der Waals surface area (Å²) in [5, 5.41) is 10.00. The molecule has 0 aliphatic heterocycles. The van der Waals surface area contributed by atoms with Crippen LogP contribution in [0.1, 0.15) is 10.4 Å². The summed E-state index contributed by atoms with van der Waals surface area (Å²) in [6, 6.07) is 5.85. The summed E-state index contributed by atoms with van der Waals surface area (Å²) < 4.78 is 1.10. The minimum absolute atomic E-state index is 0.0645. The van der Waals surface area contributed by atoms with E-state index in [0.717, 1.165) is 26.2 Å². The number of nitrogens with two attached hydrogens (primary N) is 1. The van der Waals surface area contributed by atoms with Crippen LogP contribution in [-0.4, -0.2) is 5.11 Å². The highest BCUT2D eigenvalue weighted by Crippen LogP contribution is 2.32. The van der Waals surface area contributed by atoms with Crippen molar-refractivity contribution in [2.75, 3.05) is 5.73 Å². The first kappa shape index (κ1) is 9.77. The highest BCUT2D eigenvalue weighted by molar-refractivity contribution is 7.19. The van der Waals surface area contributed by atoms with Crippen LogP contribution in [0.3, 0.4) is 0 Å². The number of aliphatic hydroxyl groups excluding tert-OH is 1. The Balaban J connectivity index is 2.68. The third kappa shape index (κ3) is 1.47. The van der Waals surface area contributed by atoms with Crippen LogP contribution in [0, 0.1) is 0 Å². The van der Waals surface area contributed by atoms with Gasteiger partial charge < -0.3 is 10.8 Å². The SMILES string of the molecule is Nc1c(CCl)ccc2sc(CO)cc12. The van der Waals surface area contributed by atoms with E-state index in [4.69, 9.17) is 22.4 Å². The molecule has 0 amide bonds. The van der Waals surface area contributed by atoms with Crippen LogP contribution in [-0.2, 0) is 12.5 Å². The van der Waals surface area contributed by atoms with Gasteiger partial charge in [0, 0.05) is 26.5 Å². The maximum absolute atomic E-state index is 9.00. The first-order valence-corrected chi connectivity index (χ1v) is 5.58. The average molecular weight is 228 g/mol. The second-order valence-electron chi connectivity index (χ2n) is 3.05. The summed E-state index contributed by atoms with van der Waals surface area (Å²) in [5.74, 6) is 0.423. The Kier molecular flexibility index (Phi) is 2.63. The van der Waals surface area contributed by atoms with Crippen molar-refractivity contribution in [1.29, 1.82) is 0 Å². The minimum Gasteiger partial charge on any atom is -0.398 e. The predicted octanol–water partition coefficient (Wildman–Crippen LogP) is 2.71. The summed E-state index contributed by atoms with van der Waals surface area (Å²) >= 11 is 7.30. The summed E-state index contributed by atoms with van der Waals surface area (Å²) in [6.45, 7) is 0.0645. The van der Waals surface area contributed by atoms with E-state index in [2.05, 4.69) is 0 Å². The van der Waals surface area contributed by atoms with Gasteiger partial charge in [-0.25, -0.2) is 0 Å². The van der Waals surface area contributed by atoms with Crippen LogP contribution in [0.25, 0.3) is 10.1 Å². The van der Waals surface area contributed by atoms with Crippen molar-refractivity contribution in [1.82, 2.24) is 0 Å². The van der Waals surface area contributed by atoms with Crippen molar-refractivity contribution in [2.24, 2.45) is 0 Å². The number of alkyl halides is 1. The van der Waals surface area contributed by atoms with Crippen LogP contribution in [0.15, 0.2) is 18.2 Å². The first-order valence-electron chi connectivity index (χ1n) is 4.23. The van der Waals surface area contributed by atoms with Gasteiger partial charge in [0.1, 0.15) is 0 Å². The fourth-order valence-corrected chi connectivity index (χ4v) is 2.60. The number of hydrogen-bond donors (Lipinski definition) is 2. The summed E-state index contributed by atoms with van der Waals surface area (Å²) in [7, 11) is 0. The van der Waals surface area contributed by atoms with E-state index in [0.29, 0.717) is 5.88 Å².